The van der Waals surface area contributed by atoms with Crippen LogP contribution in [0.5, 0.6) is 0 Å². The van der Waals surface area contributed by atoms with Gasteiger partial charge in [-0.1, -0.05) is 18.2 Å². The predicted octanol–water partition coefficient (Wildman–Crippen LogP) is 2.58. The van der Waals surface area contributed by atoms with Crippen LogP contribution in [-0.2, 0) is 16.1 Å². The number of cyclic esters (lactones) is 1. The molecule has 1 aliphatic rings. The van der Waals surface area contributed by atoms with Gasteiger partial charge in [-0.15, -0.1) is 11.3 Å². The summed E-state index contributed by atoms with van der Waals surface area (Å²) in [7, 11) is 0. The second kappa shape index (κ2) is 14.3. The number of urea groups is 1. The van der Waals surface area contributed by atoms with E-state index < -0.39 is 48.2 Å². The number of esters is 1. The summed E-state index contributed by atoms with van der Waals surface area (Å²) >= 11 is 1.57. The van der Waals surface area contributed by atoms with E-state index in [1.807, 2.05) is 23.7 Å². The minimum atomic E-state index is -1.46. The highest BCUT2D eigenvalue weighted by Crippen LogP contribution is 2.41. The topological polar surface area (TPSA) is 228 Å². The van der Waals surface area contributed by atoms with Crippen LogP contribution < -0.4 is 21.5 Å². The molecule has 8 N–H and O–H groups in total. The quantitative estimate of drug-likeness (QED) is 0.119. The maximum Gasteiger partial charge on any atom is 0.327 e. The SMILES string of the molecule is Nc1ncc(-c2cnn(CCO)c2)c2scc(-c3ccc(NC(=O)Nc4cccc(F)c4)cc3)c12.O=C1O[C@H]([C@@H](O)CO)C(O)=C1[O-]. The Labute approximate surface area is 269 Å². The first-order valence-electron chi connectivity index (χ1n) is 13.9. The second-order valence-corrected chi connectivity index (χ2v) is 11.0. The summed E-state index contributed by atoms with van der Waals surface area (Å²) in [6.45, 7) is -0.270. The normalized spacial score (nSPS) is 14.8. The molecule has 0 spiro atoms. The Balaban J connectivity index is 0.000000305. The van der Waals surface area contributed by atoms with Gasteiger partial charge in [0.25, 0.3) is 0 Å². The van der Waals surface area contributed by atoms with E-state index in [2.05, 4.69) is 25.5 Å². The van der Waals surface area contributed by atoms with Crippen LogP contribution in [0.4, 0.5) is 26.4 Å². The van der Waals surface area contributed by atoms with Gasteiger partial charge in [-0.3, -0.25) is 4.68 Å². The summed E-state index contributed by atoms with van der Waals surface area (Å²) < 4.78 is 20.2. The van der Waals surface area contributed by atoms with E-state index in [0.29, 0.717) is 23.7 Å². The van der Waals surface area contributed by atoms with Crippen molar-refractivity contribution in [2.45, 2.75) is 18.8 Å². The van der Waals surface area contributed by atoms with Crippen molar-refractivity contribution in [3.8, 4) is 22.3 Å². The number of fused-ring (bicyclic) bond motifs is 1. The minimum absolute atomic E-state index is 0.0109. The molecule has 3 aromatic heterocycles. The summed E-state index contributed by atoms with van der Waals surface area (Å²) in [4.78, 5) is 27.1. The van der Waals surface area contributed by atoms with Crippen molar-refractivity contribution in [2.24, 2.45) is 0 Å². The number of thiophene rings is 1. The molecule has 0 radical (unpaired) electrons. The maximum atomic E-state index is 13.3. The van der Waals surface area contributed by atoms with Gasteiger partial charge in [0.15, 0.2) is 6.10 Å². The molecule has 16 heteroatoms. The molecule has 6 rings (SSSR count). The Bertz CT molecular complexity index is 1940. The lowest BCUT2D eigenvalue weighted by molar-refractivity contribution is -0.303. The van der Waals surface area contributed by atoms with E-state index in [9.17, 15) is 19.1 Å². The molecule has 0 saturated carbocycles. The van der Waals surface area contributed by atoms with Crippen LogP contribution in [0.2, 0.25) is 0 Å². The number of pyridine rings is 1. The molecule has 0 bridgehead atoms. The molecule has 1 aliphatic heterocycles. The number of nitrogen functional groups attached to an aromatic ring is 1. The monoisotopic (exact) mass is 663 g/mol. The third-order valence-corrected chi connectivity index (χ3v) is 7.91. The molecule has 2 aromatic carbocycles. The van der Waals surface area contributed by atoms with Gasteiger partial charge >= 0.3 is 12.0 Å². The smallest absolute Gasteiger partial charge is 0.327 e. The standard InChI is InChI=1S/C25H21FN6O2S.C6H8O6/c26-17-2-1-3-19(10-17)31-25(34)30-18-6-4-15(5-7-18)21-14-35-23-20(12-28-24(27)22(21)23)16-11-29-32(13-16)8-9-33;7-1-2(8)5-3(9)4(10)6(11)12-5/h1-7,10-14,33H,8-9H2,(H2,27,28)(H2,30,31,34);2,5,7-10H,1H2/p-1/t;2-,5+/m.0/s1. The molecular weight excluding hydrogens is 635 g/mol. The number of ether oxygens (including phenoxy) is 1. The third kappa shape index (κ3) is 7.31. The van der Waals surface area contributed by atoms with E-state index in [0.717, 1.165) is 32.3 Å². The molecule has 5 aromatic rings. The highest BCUT2D eigenvalue weighted by atomic mass is 32.1. The van der Waals surface area contributed by atoms with Gasteiger partial charge in [0, 0.05) is 56.3 Å². The van der Waals surface area contributed by atoms with Crippen molar-refractivity contribution < 1.29 is 44.2 Å². The summed E-state index contributed by atoms with van der Waals surface area (Å²) in [5, 5.41) is 58.4. The van der Waals surface area contributed by atoms with Gasteiger partial charge in [0.05, 0.1) is 26.0 Å². The first kappa shape index (κ1) is 32.8. The van der Waals surface area contributed by atoms with Gasteiger partial charge in [0.2, 0.25) is 0 Å². The lowest BCUT2D eigenvalue weighted by atomic mass is 10.0. The molecular formula is C31H28FN6O8S-. The summed E-state index contributed by atoms with van der Waals surface area (Å²) in [6, 6.07) is 12.6. The van der Waals surface area contributed by atoms with Gasteiger partial charge in [-0.25, -0.2) is 19.0 Å². The van der Waals surface area contributed by atoms with Crippen molar-refractivity contribution >= 4 is 50.6 Å². The molecule has 4 heterocycles. The van der Waals surface area contributed by atoms with Crippen LogP contribution in [0.25, 0.3) is 32.3 Å². The van der Waals surface area contributed by atoms with Crippen LogP contribution in [0, 0.1) is 5.82 Å². The van der Waals surface area contributed by atoms with Crippen molar-refractivity contribution in [1.29, 1.82) is 0 Å². The van der Waals surface area contributed by atoms with Crippen LogP contribution in [0.1, 0.15) is 0 Å². The number of aliphatic hydroxyl groups excluding tert-OH is 4. The van der Waals surface area contributed by atoms with Crippen LogP contribution in [-0.4, -0.2) is 72.6 Å². The predicted molar refractivity (Wildman–Crippen MR) is 169 cm³/mol. The van der Waals surface area contributed by atoms with Gasteiger partial charge in [0.1, 0.15) is 23.5 Å². The Morgan fingerprint density at radius 3 is 2.51 bits per heavy atom. The van der Waals surface area contributed by atoms with Gasteiger partial charge < -0.3 is 46.6 Å². The number of benzene rings is 2. The van der Waals surface area contributed by atoms with E-state index >= 15 is 0 Å². The number of carbonyl (C=O) groups excluding carboxylic acids is 2. The van der Waals surface area contributed by atoms with Gasteiger partial charge in [-0.2, -0.15) is 5.10 Å². The highest BCUT2D eigenvalue weighted by molar-refractivity contribution is 7.18. The molecule has 244 valence electrons. The molecule has 0 fully saturated rings. The Morgan fingerprint density at radius 1 is 1.11 bits per heavy atom. The first-order valence-corrected chi connectivity index (χ1v) is 14.8. The fraction of sp³-hybridized carbons (Fsp3) is 0.161. The number of anilines is 3. The summed E-state index contributed by atoms with van der Waals surface area (Å²) in [5.41, 5.74) is 10.9. The molecule has 0 saturated heterocycles. The molecule has 0 aliphatic carbocycles. The number of carbonyl (C=O) groups is 2. The molecule has 14 nitrogen and oxygen atoms in total. The number of amides is 2. The van der Waals surface area contributed by atoms with Crippen LogP contribution in [0.15, 0.2) is 84.0 Å². The van der Waals surface area contributed by atoms with Crippen molar-refractivity contribution in [3.63, 3.8) is 0 Å². The maximum absolute atomic E-state index is 13.3. The van der Waals surface area contributed by atoms with E-state index in [1.165, 1.54) is 18.2 Å². The number of hydrogen-bond donors (Lipinski definition) is 7. The van der Waals surface area contributed by atoms with Crippen molar-refractivity contribution in [2.75, 3.05) is 29.6 Å². The van der Waals surface area contributed by atoms with E-state index in [1.54, 1.807) is 46.6 Å². The van der Waals surface area contributed by atoms with Crippen LogP contribution in [0.3, 0.4) is 0 Å². The largest absolute Gasteiger partial charge is 0.865 e. The average Bonchev–Trinajstić information content (AvgIpc) is 3.77. The van der Waals surface area contributed by atoms with E-state index in [4.69, 9.17) is 26.2 Å². The lowest BCUT2D eigenvalue weighted by Gasteiger charge is -2.14. The number of hydrogen-bond acceptors (Lipinski definition) is 12. The minimum Gasteiger partial charge on any atom is -0.865 e. The number of aromatic nitrogens is 3. The van der Waals surface area contributed by atoms with Crippen molar-refractivity contribution in [3.05, 3.63) is 89.8 Å². The number of nitrogens with zero attached hydrogens (tertiary/aromatic N) is 3. The molecule has 0 unspecified atom stereocenters. The fourth-order valence-corrected chi connectivity index (χ4v) is 5.74. The highest BCUT2D eigenvalue weighted by Gasteiger charge is 2.34. The number of halogens is 1. The van der Waals surface area contributed by atoms with Crippen LogP contribution >= 0.6 is 11.3 Å². The fourth-order valence-electron chi connectivity index (χ4n) is 4.62. The zero-order chi connectivity index (χ0) is 33.7. The number of aliphatic hydroxyl groups is 4. The molecule has 47 heavy (non-hydrogen) atoms. The van der Waals surface area contributed by atoms with Gasteiger partial charge in [-0.05, 0) is 41.3 Å². The lowest BCUT2D eigenvalue weighted by Crippen LogP contribution is -2.31. The Hall–Kier alpha value is -5.55. The zero-order valence-corrected chi connectivity index (χ0v) is 25.1. The zero-order valence-electron chi connectivity index (χ0n) is 24.3. The first-order chi connectivity index (χ1) is 22.6. The van der Waals surface area contributed by atoms with E-state index in [-0.39, 0.29) is 6.61 Å². The second-order valence-electron chi connectivity index (χ2n) is 10.1. The molecule has 2 amide bonds. The van der Waals surface area contributed by atoms with Crippen molar-refractivity contribution in [1.82, 2.24) is 14.8 Å². The third-order valence-electron chi connectivity index (χ3n) is 6.89. The number of nitrogens with two attached hydrogens (primary N) is 1. The summed E-state index contributed by atoms with van der Waals surface area (Å²) in [5.74, 6) is -3.25. The Kier molecular flexibility index (Phi) is 9.96. The molecule has 2 atom stereocenters. The Morgan fingerprint density at radius 2 is 1.85 bits per heavy atom. The average molecular weight is 664 g/mol. The number of rotatable bonds is 8. The number of nitrogens with one attached hydrogen (secondary N) is 2. The summed E-state index contributed by atoms with van der Waals surface area (Å²) in [6.07, 6.45) is 2.48.